The van der Waals surface area contributed by atoms with Gasteiger partial charge in [-0.3, -0.25) is 4.98 Å². The number of benzene rings is 1. The van der Waals surface area contributed by atoms with Gasteiger partial charge in [0.15, 0.2) is 0 Å². The highest BCUT2D eigenvalue weighted by atomic mass is 35.5. The van der Waals surface area contributed by atoms with Gasteiger partial charge in [0.05, 0.1) is 17.6 Å². The molecular formula is C16H15ClN2O. The Kier molecular flexibility index (Phi) is 3.61. The summed E-state index contributed by atoms with van der Waals surface area (Å²) in [4.78, 5) is 6.57. The Balaban J connectivity index is 1.75. The number of hydrogen-bond acceptors (Lipinski definition) is 3. The minimum absolute atomic E-state index is 0.487. The number of halogens is 1. The fourth-order valence-corrected chi connectivity index (χ4v) is 2.39. The first-order valence-corrected chi connectivity index (χ1v) is 6.85. The molecule has 20 heavy (non-hydrogen) atoms. The van der Waals surface area contributed by atoms with E-state index in [1.54, 1.807) is 6.20 Å². The first-order valence-electron chi connectivity index (χ1n) is 6.47. The van der Waals surface area contributed by atoms with Crippen LogP contribution in [0.3, 0.4) is 0 Å². The molecule has 0 saturated heterocycles. The van der Waals surface area contributed by atoms with Crippen LogP contribution in [0.4, 0.5) is 5.69 Å². The van der Waals surface area contributed by atoms with Crippen LogP contribution >= 0.6 is 11.6 Å². The van der Waals surface area contributed by atoms with Crippen LogP contribution in [0, 0.1) is 0 Å². The van der Waals surface area contributed by atoms with E-state index in [1.165, 1.54) is 0 Å². The van der Waals surface area contributed by atoms with Gasteiger partial charge in [0.25, 0.3) is 0 Å². The normalized spacial score (nSPS) is 13.2. The lowest BCUT2D eigenvalue weighted by molar-refractivity contribution is 0.305. The second kappa shape index (κ2) is 5.55. The molecule has 0 bridgehead atoms. The number of fused-ring (bicyclic) bond motifs is 1. The van der Waals surface area contributed by atoms with Crippen LogP contribution < -0.4 is 9.64 Å². The van der Waals surface area contributed by atoms with Gasteiger partial charge in [0, 0.05) is 24.7 Å². The maximum Gasteiger partial charge on any atom is 0.140 e. The zero-order valence-corrected chi connectivity index (χ0v) is 12.0. The van der Waals surface area contributed by atoms with Crippen molar-refractivity contribution in [1.29, 1.82) is 0 Å². The van der Waals surface area contributed by atoms with Gasteiger partial charge in [-0.05, 0) is 23.8 Å². The van der Waals surface area contributed by atoms with Crippen LogP contribution in [0.5, 0.6) is 5.75 Å². The van der Waals surface area contributed by atoms with Crippen LogP contribution in [0.25, 0.3) is 6.08 Å². The average molecular weight is 287 g/mol. The summed E-state index contributed by atoms with van der Waals surface area (Å²) in [6.45, 7) is 1.38. The monoisotopic (exact) mass is 286 g/mol. The molecule has 0 fully saturated rings. The van der Waals surface area contributed by atoms with Crippen molar-refractivity contribution in [2.24, 2.45) is 0 Å². The number of nitrogens with zero attached hydrogens (tertiary/aromatic N) is 2. The fraction of sp³-hybridized carbons (Fsp3) is 0.188. The molecule has 0 amide bonds. The van der Waals surface area contributed by atoms with E-state index < -0.39 is 0 Å². The lowest BCUT2D eigenvalue weighted by Gasteiger charge is -2.23. The molecule has 2 aromatic rings. The van der Waals surface area contributed by atoms with Crippen molar-refractivity contribution < 1.29 is 4.74 Å². The highest BCUT2D eigenvalue weighted by molar-refractivity contribution is 6.30. The van der Waals surface area contributed by atoms with Gasteiger partial charge in [-0.15, -0.1) is 0 Å². The maximum absolute atomic E-state index is 5.96. The summed E-state index contributed by atoms with van der Waals surface area (Å²) in [5, 5.41) is 0.722. The predicted molar refractivity (Wildman–Crippen MR) is 82.3 cm³/mol. The highest BCUT2D eigenvalue weighted by Crippen LogP contribution is 2.27. The summed E-state index contributed by atoms with van der Waals surface area (Å²) < 4.78 is 5.79. The number of anilines is 1. The minimum Gasteiger partial charge on any atom is -0.487 e. The quantitative estimate of drug-likeness (QED) is 0.859. The third-order valence-electron chi connectivity index (χ3n) is 3.23. The van der Waals surface area contributed by atoms with Gasteiger partial charge in [-0.2, -0.15) is 0 Å². The SMILES string of the molecule is CN1CC=Cc2ncc(OCc3cccc(Cl)c3)cc21. The molecule has 0 unspecified atom stereocenters. The van der Waals surface area contributed by atoms with E-state index in [-0.39, 0.29) is 0 Å². The molecule has 102 valence electrons. The maximum atomic E-state index is 5.96. The number of aromatic nitrogens is 1. The molecule has 0 atom stereocenters. The van der Waals surface area contributed by atoms with E-state index in [0.717, 1.165) is 34.3 Å². The summed E-state index contributed by atoms with van der Waals surface area (Å²) in [7, 11) is 2.05. The van der Waals surface area contributed by atoms with Gasteiger partial charge in [0.2, 0.25) is 0 Å². The van der Waals surface area contributed by atoms with E-state index >= 15 is 0 Å². The summed E-state index contributed by atoms with van der Waals surface area (Å²) in [6, 6.07) is 9.70. The minimum atomic E-state index is 0.487. The smallest absolute Gasteiger partial charge is 0.140 e. The third-order valence-corrected chi connectivity index (χ3v) is 3.47. The molecule has 0 spiro atoms. The summed E-state index contributed by atoms with van der Waals surface area (Å²) in [6.07, 6.45) is 5.89. The molecule has 4 heteroatoms. The van der Waals surface area contributed by atoms with Crippen molar-refractivity contribution >= 4 is 23.4 Å². The van der Waals surface area contributed by atoms with E-state index in [4.69, 9.17) is 16.3 Å². The molecule has 1 aromatic heterocycles. The van der Waals surface area contributed by atoms with E-state index in [0.29, 0.717) is 6.61 Å². The van der Waals surface area contributed by atoms with Gasteiger partial charge >= 0.3 is 0 Å². The molecular weight excluding hydrogens is 272 g/mol. The van der Waals surface area contributed by atoms with Crippen molar-refractivity contribution in [3.8, 4) is 5.75 Å². The molecule has 2 heterocycles. The van der Waals surface area contributed by atoms with E-state index in [9.17, 15) is 0 Å². The van der Waals surface area contributed by atoms with Crippen molar-refractivity contribution in [3.63, 3.8) is 0 Å². The van der Waals surface area contributed by atoms with Crippen LogP contribution in [-0.2, 0) is 6.61 Å². The Morgan fingerprint density at radius 2 is 2.25 bits per heavy atom. The van der Waals surface area contributed by atoms with Crippen molar-refractivity contribution in [1.82, 2.24) is 4.98 Å². The molecule has 0 N–H and O–H groups in total. The molecule has 1 aliphatic heterocycles. The Hall–Kier alpha value is -2.00. The Labute approximate surface area is 123 Å². The third kappa shape index (κ3) is 2.78. The molecule has 3 rings (SSSR count). The van der Waals surface area contributed by atoms with Crippen LogP contribution in [0.15, 0.2) is 42.6 Å². The average Bonchev–Trinajstić information content (AvgIpc) is 2.46. The summed E-state index contributed by atoms with van der Waals surface area (Å²) in [5.74, 6) is 0.769. The number of hydrogen-bond donors (Lipinski definition) is 0. The first-order chi connectivity index (χ1) is 9.72. The van der Waals surface area contributed by atoms with Gasteiger partial charge in [0.1, 0.15) is 12.4 Å². The fourth-order valence-electron chi connectivity index (χ4n) is 2.17. The zero-order valence-electron chi connectivity index (χ0n) is 11.2. The summed E-state index contributed by atoms with van der Waals surface area (Å²) in [5.41, 5.74) is 3.12. The predicted octanol–water partition coefficient (Wildman–Crippen LogP) is 3.78. The van der Waals surface area contributed by atoms with Gasteiger partial charge < -0.3 is 9.64 Å². The molecule has 0 saturated carbocycles. The van der Waals surface area contributed by atoms with Crippen LogP contribution in [-0.4, -0.2) is 18.6 Å². The van der Waals surface area contributed by atoms with Crippen LogP contribution in [0.2, 0.25) is 5.02 Å². The largest absolute Gasteiger partial charge is 0.487 e. The van der Waals surface area contributed by atoms with Gasteiger partial charge in [-0.1, -0.05) is 29.8 Å². The second-order valence-electron chi connectivity index (χ2n) is 4.78. The standard InChI is InChI=1S/C16H15ClN2O/c1-19-7-3-6-15-16(19)9-14(10-18-15)20-11-12-4-2-5-13(17)8-12/h2-6,8-10H,7,11H2,1H3. The molecule has 0 aliphatic carbocycles. The van der Waals surface area contributed by atoms with Crippen molar-refractivity contribution in [2.45, 2.75) is 6.61 Å². The topological polar surface area (TPSA) is 25.4 Å². The Morgan fingerprint density at radius 1 is 1.35 bits per heavy atom. The second-order valence-corrected chi connectivity index (χ2v) is 5.21. The van der Waals surface area contributed by atoms with E-state index in [2.05, 4.69) is 16.0 Å². The number of pyridine rings is 1. The van der Waals surface area contributed by atoms with Gasteiger partial charge in [-0.25, -0.2) is 0 Å². The highest BCUT2D eigenvalue weighted by Gasteiger charge is 2.11. The number of rotatable bonds is 3. The van der Waals surface area contributed by atoms with E-state index in [1.807, 2.05) is 43.5 Å². The lowest BCUT2D eigenvalue weighted by Crippen LogP contribution is -2.20. The van der Waals surface area contributed by atoms with Crippen LogP contribution in [0.1, 0.15) is 11.3 Å². The molecule has 3 nitrogen and oxygen atoms in total. The Morgan fingerprint density at radius 3 is 3.10 bits per heavy atom. The number of ether oxygens (including phenoxy) is 1. The summed E-state index contributed by atoms with van der Waals surface area (Å²) >= 11 is 5.96. The first kappa shape index (κ1) is 13.0. The molecule has 1 aromatic carbocycles. The van der Waals surface area contributed by atoms with Crippen molar-refractivity contribution in [3.05, 3.63) is 58.9 Å². The Bertz CT molecular complexity index is 655. The molecule has 0 radical (unpaired) electrons. The molecule has 1 aliphatic rings. The number of likely N-dealkylation sites (N-methyl/N-ethyl adjacent to an activating group) is 1. The van der Waals surface area contributed by atoms with Crippen molar-refractivity contribution in [2.75, 3.05) is 18.5 Å². The lowest BCUT2D eigenvalue weighted by atomic mass is 10.2. The zero-order chi connectivity index (χ0) is 13.9.